The number of nitrogens with one attached hydrogen (secondary N) is 2. The molecule has 4 nitrogen and oxygen atoms in total. The van der Waals surface area contributed by atoms with Crippen molar-refractivity contribution in [2.75, 3.05) is 6.54 Å². The summed E-state index contributed by atoms with van der Waals surface area (Å²) < 4.78 is 2.32. The zero-order valence-corrected chi connectivity index (χ0v) is 12.7. The Morgan fingerprint density at radius 3 is 2.86 bits per heavy atom. The molecular weight excluding hydrogens is 260 g/mol. The van der Waals surface area contributed by atoms with Crippen molar-refractivity contribution in [2.45, 2.75) is 33.4 Å². The number of aryl methyl sites for hydroxylation is 3. The average Bonchev–Trinajstić information content (AvgIpc) is 3.04. The molecule has 2 heterocycles. The van der Waals surface area contributed by atoms with Crippen LogP contribution in [-0.4, -0.2) is 21.3 Å². The summed E-state index contributed by atoms with van der Waals surface area (Å²) in [5.74, 6) is 0. The maximum absolute atomic E-state index is 4.22. The SMILES string of the molecule is Cc1n[nH]c(C)c1CNCCCn1ccc2ccccc21. The minimum Gasteiger partial charge on any atom is -0.347 e. The predicted octanol–water partition coefficient (Wildman–Crippen LogP) is 3.16. The number of H-pyrrole nitrogens is 1. The van der Waals surface area contributed by atoms with E-state index >= 15 is 0 Å². The smallest absolute Gasteiger partial charge is 0.0638 e. The standard InChI is InChI=1S/C17H22N4/c1-13-16(14(2)20-19-13)12-18-9-5-10-21-11-8-15-6-3-4-7-17(15)21/h3-4,6-8,11,18H,5,9-10,12H2,1-2H3,(H,19,20). The molecule has 0 saturated heterocycles. The first-order valence-electron chi connectivity index (χ1n) is 7.51. The van der Waals surface area contributed by atoms with Gasteiger partial charge in [0.1, 0.15) is 0 Å². The van der Waals surface area contributed by atoms with Gasteiger partial charge < -0.3 is 9.88 Å². The molecule has 0 radical (unpaired) electrons. The van der Waals surface area contributed by atoms with Crippen molar-refractivity contribution >= 4 is 10.9 Å². The number of benzene rings is 1. The van der Waals surface area contributed by atoms with Gasteiger partial charge in [-0.3, -0.25) is 5.10 Å². The van der Waals surface area contributed by atoms with Crippen molar-refractivity contribution in [1.29, 1.82) is 0 Å². The Kier molecular flexibility index (Phi) is 4.06. The van der Waals surface area contributed by atoms with Gasteiger partial charge in [0.2, 0.25) is 0 Å². The Morgan fingerprint density at radius 1 is 1.19 bits per heavy atom. The minimum absolute atomic E-state index is 0.889. The minimum atomic E-state index is 0.889. The van der Waals surface area contributed by atoms with Crippen LogP contribution in [-0.2, 0) is 13.1 Å². The lowest BCUT2D eigenvalue weighted by molar-refractivity contribution is 0.589. The van der Waals surface area contributed by atoms with Gasteiger partial charge in [-0.1, -0.05) is 18.2 Å². The van der Waals surface area contributed by atoms with E-state index in [1.165, 1.54) is 16.5 Å². The summed E-state index contributed by atoms with van der Waals surface area (Å²) in [5.41, 5.74) is 4.87. The summed E-state index contributed by atoms with van der Waals surface area (Å²) in [4.78, 5) is 0. The van der Waals surface area contributed by atoms with Gasteiger partial charge in [0.25, 0.3) is 0 Å². The first-order valence-corrected chi connectivity index (χ1v) is 7.51. The number of nitrogens with zero attached hydrogens (tertiary/aromatic N) is 2. The molecule has 3 aromatic rings. The number of rotatable bonds is 6. The van der Waals surface area contributed by atoms with Crippen molar-refractivity contribution in [1.82, 2.24) is 20.1 Å². The molecule has 0 fully saturated rings. The van der Waals surface area contributed by atoms with Gasteiger partial charge >= 0.3 is 0 Å². The number of hydrogen-bond acceptors (Lipinski definition) is 2. The van der Waals surface area contributed by atoms with Gasteiger partial charge in [0.15, 0.2) is 0 Å². The zero-order chi connectivity index (χ0) is 14.7. The Hall–Kier alpha value is -2.07. The van der Waals surface area contributed by atoms with Crippen molar-refractivity contribution in [2.24, 2.45) is 0 Å². The highest BCUT2D eigenvalue weighted by molar-refractivity contribution is 5.79. The fourth-order valence-electron chi connectivity index (χ4n) is 2.76. The Morgan fingerprint density at radius 2 is 2.05 bits per heavy atom. The van der Waals surface area contributed by atoms with Crippen LogP contribution in [0.2, 0.25) is 0 Å². The van der Waals surface area contributed by atoms with E-state index < -0.39 is 0 Å². The monoisotopic (exact) mass is 282 g/mol. The molecule has 3 rings (SSSR count). The van der Waals surface area contributed by atoms with Gasteiger partial charge in [-0.15, -0.1) is 0 Å². The number of fused-ring (bicyclic) bond motifs is 1. The lowest BCUT2D eigenvalue weighted by atomic mass is 10.2. The average molecular weight is 282 g/mol. The summed E-state index contributed by atoms with van der Waals surface area (Å²) in [5, 5.41) is 12.1. The van der Waals surface area contributed by atoms with Crippen molar-refractivity contribution in [3.8, 4) is 0 Å². The molecule has 0 atom stereocenters. The highest BCUT2D eigenvalue weighted by Gasteiger charge is 2.05. The van der Waals surface area contributed by atoms with Crippen LogP contribution in [0.1, 0.15) is 23.4 Å². The van der Waals surface area contributed by atoms with E-state index in [4.69, 9.17) is 0 Å². The van der Waals surface area contributed by atoms with E-state index in [0.717, 1.165) is 37.4 Å². The summed E-state index contributed by atoms with van der Waals surface area (Å²) in [6.45, 7) is 7.07. The van der Waals surface area contributed by atoms with Crippen LogP contribution >= 0.6 is 0 Å². The third kappa shape index (κ3) is 3.00. The van der Waals surface area contributed by atoms with Crippen LogP contribution in [0.5, 0.6) is 0 Å². The molecule has 0 aliphatic heterocycles. The molecule has 0 unspecified atom stereocenters. The van der Waals surface area contributed by atoms with Gasteiger partial charge in [-0.05, 0) is 44.3 Å². The predicted molar refractivity (Wildman–Crippen MR) is 86.3 cm³/mol. The first-order chi connectivity index (χ1) is 10.3. The zero-order valence-electron chi connectivity index (χ0n) is 12.7. The second kappa shape index (κ2) is 6.14. The van der Waals surface area contributed by atoms with Crippen LogP contribution in [0, 0.1) is 13.8 Å². The normalized spacial score (nSPS) is 11.3. The fraction of sp³-hybridized carbons (Fsp3) is 0.353. The molecule has 110 valence electrons. The molecular formula is C17H22N4. The maximum Gasteiger partial charge on any atom is 0.0638 e. The Labute approximate surface area is 125 Å². The lowest BCUT2D eigenvalue weighted by Gasteiger charge is -2.07. The molecule has 4 heteroatoms. The Bertz CT molecular complexity index is 704. The molecule has 0 bridgehead atoms. The van der Waals surface area contributed by atoms with E-state index in [1.807, 2.05) is 6.92 Å². The van der Waals surface area contributed by atoms with E-state index in [1.54, 1.807) is 0 Å². The van der Waals surface area contributed by atoms with E-state index in [9.17, 15) is 0 Å². The van der Waals surface area contributed by atoms with Crippen LogP contribution in [0.4, 0.5) is 0 Å². The number of para-hydroxylation sites is 1. The second-order valence-electron chi connectivity index (χ2n) is 5.51. The third-order valence-corrected chi connectivity index (χ3v) is 4.02. The van der Waals surface area contributed by atoms with Gasteiger partial charge in [-0.2, -0.15) is 5.10 Å². The number of aromatic amines is 1. The van der Waals surface area contributed by atoms with Crippen molar-refractivity contribution < 1.29 is 0 Å². The van der Waals surface area contributed by atoms with E-state index in [0.29, 0.717) is 0 Å². The highest BCUT2D eigenvalue weighted by Crippen LogP contribution is 2.15. The Balaban J connectivity index is 1.48. The van der Waals surface area contributed by atoms with E-state index in [-0.39, 0.29) is 0 Å². The van der Waals surface area contributed by atoms with Crippen LogP contribution in [0.3, 0.4) is 0 Å². The summed E-state index contributed by atoms with van der Waals surface area (Å²) in [7, 11) is 0. The van der Waals surface area contributed by atoms with Crippen molar-refractivity contribution in [3.05, 3.63) is 53.5 Å². The van der Waals surface area contributed by atoms with E-state index in [2.05, 4.69) is 63.5 Å². The molecule has 0 saturated carbocycles. The van der Waals surface area contributed by atoms with Gasteiger partial charge in [0.05, 0.1) is 5.69 Å². The largest absolute Gasteiger partial charge is 0.347 e. The topological polar surface area (TPSA) is 45.6 Å². The highest BCUT2D eigenvalue weighted by atomic mass is 15.1. The first kappa shape index (κ1) is 13.9. The molecule has 0 spiro atoms. The molecule has 2 aromatic heterocycles. The lowest BCUT2D eigenvalue weighted by Crippen LogP contribution is -2.17. The molecule has 21 heavy (non-hydrogen) atoms. The number of aromatic nitrogens is 3. The van der Waals surface area contributed by atoms with Crippen molar-refractivity contribution in [3.63, 3.8) is 0 Å². The summed E-state index contributed by atoms with van der Waals surface area (Å²) in [6.07, 6.45) is 3.30. The number of hydrogen-bond donors (Lipinski definition) is 2. The quantitative estimate of drug-likeness (QED) is 0.682. The van der Waals surface area contributed by atoms with Crippen LogP contribution in [0.15, 0.2) is 36.5 Å². The molecule has 2 N–H and O–H groups in total. The third-order valence-electron chi connectivity index (χ3n) is 4.02. The maximum atomic E-state index is 4.22. The molecule has 0 amide bonds. The molecule has 0 aliphatic rings. The fourth-order valence-corrected chi connectivity index (χ4v) is 2.76. The summed E-state index contributed by atoms with van der Waals surface area (Å²) in [6, 6.07) is 10.7. The van der Waals surface area contributed by atoms with Crippen LogP contribution in [0.25, 0.3) is 10.9 Å². The molecule has 1 aromatic carbocycles. The van der Waals surface area contributed by atoms with Crippen LogP contribution < -0.4 is 5.32 Å². The molecule has 0 aliphatic carbocycles. The van der Waals surface area contributed by atoms with Gasteiger partial charge in [-0.25, -0.2) is 0 Å². The van der Waals surface area contributed by atoms with Gasteiger partial charge in [0, 0.05) is 36.1 Å². The summed E-state index contributed by atoms with van der Waals surface area (Å²) >= 11 is 0. The second-order valence-corrected chi connectivity index (χ2v) is 5.51.